The van der Waals surface area contributed by atoms with E-state index in [4.69, 9.17) is 10.8 Å². The lowest BCUT2D eigenvalue weighted by molar-refractivity contribution is -0.147. The van der Waals surface area contributed by atoms with Crippen LogP contribution in [0.4, 0.5) is 0 Å². The summed E-state index contributed by atoms with van der Waals surface area (Å²) in [5.74, 6) is -1.24. The maximum absolute atomic E-state index is 11.7. The highest BCUT2D eigenvalue weighted by Crippen LogP contribution is 2.14. The standard InChI is InChI=1S/C11H22N2O3/c1-5-6-11(4,12)8(14)13-7-10(2,3)9(15)16/h5-7,12H2,1-4H3,(H,13,14)(H,15,16). The van der Waals surface area contributed by atoms with Gasteiger partial charge in [-0.25, -0.2) is 0 Å². The average Bonchev–Trinajstić information content (AvgIpc) is 2.13. The summed E-state index contributed by atoms with van der Waals surface area (Å²) in [5.41, 5.74) is 3.92. The molecule has 0 fully saturated rings. The Kier molecular flexibility index (Phi) is 4.93. The van der Waals surface area contributed by atoms with Crippen molar-refractivity contribution in [1.29, 1.82) is 0 Å². The van der Waals surface area contributed by atoms with Crippen molar-refractivity contribution in [3.8, 4) is 0 Å². The lowest BCUT2D eigenvalue weighted by atomic mass is 9.92. The van der Waals surface area contributed by atoms with Crippen LogP contribution < -0.4 is 11.1 Å². The number of hydrogen-bond donors (Lipinski definition) is 3. The van der Waals surface area contributed by atoms with Crippen LogP contribution in [0.15, 0.2) is 0 Å². The molecule has 16 heavy (non-hydrogen) atoms. The Morgan fingerprint density at radius 3 is 2.19 bits per heavy atom. The summed E-state index contributed by atoms with van der Waals surface area (Å²) in [6.07, 6.45) is 1.38. The zero-order valence-corrected chi connectivity index (χ0v) is 10.5. The summed E-state index contributed by atoms with van der Waals surface area (Å²) in [5, 5.41) is 11.5. The third-order valence-electron chi connectivity index (χ3n) is 2.56. The third-order valence-corrected chi connectivity index (χ3v) is 2.56. The van der Waals surface area contributed by atoms with Crippen molar-refractivity contribution in [2.45, 2.75) is 46.1 Å². The Morgan fingerprint density at radius 2 is 1.81 bits per heavy atom. The van der Waals surface area contributed by atoms with Crippen LogP contribution in [0.1, 0.15) is 40.5 Å². The summed E-state index contributed by atoms with van der Waals surface area (Å²) in [4.78, 5) is 22.5. The van der Waals surface area contributed by atoms with Crippen molar-refractivity contribution < 1.29 is 14.7 Å². The highest BCUT2D eigenvalue weighted by molar-refractivity contribution is 5.86. The Balaban J connectivity index is 4.33. The van der Waals surface area contributed by atoms with Crippen LogP contribution >= 0.6 is 0 Å². The van der Waals surface area contributed by atoms with Gasteiger partial charge < -0.3 is 16.2 Å². The summed E-state index contributed by atoms with van der Waals surface area (Å²) in [6, 6.07) is 0. The number of nitrogens with two attached hydrogens (primary N) is 1. The van der Waals surface area contributed by atoms with E-state index in [1.165, 1.54) is 0 Å². The van der Waals surface area contributed by atoms with Crippen LogP contribution in [0.5, 0.6) is 0 Å². The molecule has 0 bridgehead atoms. The monoisotopic (exact) mass is 230 g/mol. The minimum atomic E-state index is -0.974. The first-order chi connectivity index (χ1) is 7.13. The van der Waals surface area contributed by atoms with E-state index in [0.717, 1.165) is 6.42 Å². The zero-order chi connectivity index (χ0) is 13.0. The predicted molar refractivity (Wildman–Crippen MR) is 61.9 cm³/mol. The van der Waals surface area contributed by atoms with Gasteiger partial charge in [-0.2, -0.15) is 0 Å². The van der Waals surface area contributed by atoms with E-state index in [1.54, 1.807) is 20.8 Å². The minimum absolute atomic E-state index is 0.0810. The zero-order valence-electron chi connectivity index (χ0n) is 10.5. The van der Waals surface area contributed by atoms with Gasteiger partial charge in [0.1, 0.15) is 0 Å². The number of carboxylic acid groups (broad SMARTS) is 1. The fourth-order valence-corrected chi connectivity index (χ4v) is 1.21. The lowest BCUT2D eigenvalue weighted by Crippen LogP contribution is -2.53. The van der Waals surface area contributed by atoms with Gasteiger partial charge in [0.25, 0.3) is 0 Å². The van der Waals surface area contributed by atoms with Gasteiger partial charge in [-0.15, -0.1) is 0 Å². The van der Waals surface area contributed by atoms with Gasteiger partial charge in [-0.1, -0.05) is 13.3 Å². The molecule has 0 aromatic rings. The molecule has 0 saturated carbocycles. The second kappa shape index (κ2) is 5.30. The average molecular weight is 230 g/mol. The van der Waals surface area contributed by atoms with Crippen LogP contribution in [-0.4, -0.2) is 29.1 Å². The predicted octanol–water partition coefficient (Wildman–Crippen LogP) is 0.731. The molecule has 0 saturated heterocycles. The first kappa shape index (κ1) is 14.9. The molecular formula is C11H22N2O3. The molecule has 0 heterocycles. The normalized spacial score (nSPS) is 15.3. The number of carbonyl (C=O) groups excluding carboxylic acids is 1. The Morgan fingerprint density at radius 1 is 1.31 bits per heavy atom. The molecule has 94 valence electrons. The Hall–Kier alpha value is -1.10. The molecule has 1 amide bonds. The largest absolute Gasteiger partial charge is 0.481 e. The second-order valence-corrected chi connectivity index (χ2v) is 5.04. The SMILES string of the molecule is CCCC(C)(N)C(=O)NCC(C)(C)C(=O)O. The summed E-state index contributed by atoms with van der Waals surface area (Å²) in [6.45, 7) is 6.80. The fraction of sp³-hybridized carbons (Fsp3) is 0.818. The highest BCUT2D eigenvalue weighted by atomic mass is 16.4. The quantitative estimate of drug-likeness (QED) is 0.627. The number of hydrogen-bond acceptors (Lipinski definition) is 3. The van der Waals surface area contributed by atoms with Crippen molar-refractivity contribution in [2.24, 2.45) is 11.1 Å². The van der Waals surface area contributed by atoms with Crippen molar-refractivity contribution in [2.75, 3.05) is 6.54 Å². The molecule has 0 aromatic heterocycles. The maximum Gasteiger partial charge on any atom is 0.310 e. The molecule has 0 aromatic carbocycles. The van der Waals surface area contributed by atoms with E-state index in [-0.39, 0.29) is 12.5 Å². The van der Waals surface area contributed by atoms with Crippen LogP contribution in [0.2, 0.25) is 0 Å². The molecule has 1 atom stereocenters. The molecule has 5 heteroatoms. The molecule has 0 aliphatic rings. The highest BCUT2D eigenvalue weighted by Gasteiger charge is 2.32. The first-order valence-electron chi connectivity index (χ1n) is 5.44. The third kappa shape index (κ3) is 4.18. The smallest absolute Gasteiger partial charge is 0.310 e. The van der Waals surface area contributed by atoms with Gasteiger partial charge in [0.2, 0.25) is 5.91 Å². The molecule has 0 aliphatic heterocycles. The summed E-state index contributed by atoms with van der Waals surface area (Å²) < 4.78 is 0. The van der Waals surface area contributed by atoms with Crippen molar-refractivity contribution >= 4 is 11.9 Å². The number of carbonyl (C=O) groups is 2. The fourth-order valence-electron chi connectivity index (χ4n) is 1.21. The van der Waals surface area contributed by atoms with Gasteiger partial charge in [0.15, 0.2) is 0 Å². The number of aliphatic carboxylic acids is 1. The van der Waals surface area contributed by atoms with Crippen LogP contribution in [-0.2, 0) is 9.59 Å². The van der Waals surface area contributed by atoms with E-state index in [9.17, 15) is 9.59 Å². The van der Waals surface area contributed by atoms with Gasteiger partial charge in [0, 0.05) is 6.54 Å². The second-order valence-electron chi connectivity index (χ2n) is 5.04. The molecule has 5 nitrogen and oxygen atoms in total. The Labute approximate surface area is 96.4 Å². The molecule has 4 N–H and O–H groups in total. The van der Waals surface area contributed by atoms with E-state index in [0.29, 0.717) is 6.42 Å². The van der Waals surface area contributed by atoms with Crippen molar-refractivity contribution in [3.05, 3.63) is 0 Å². The van der Waals surface area contributed by atoms with Crippen LogP contribution in [0.25, 0.3) is 0 Å². The van der Waals surface area contributed by atoms with E-state index >= 15 is 0 Å². The lowest BCUT2D eigenvalue weighted by Gasteiger charge is -2.26. The molecular weight excluding hydrogens is 208 g/mol. The number of nitrogens with one attached hydrogen (secondary N) is 1. The van der Waals surface area contributed by atoms with Crippen LogP contribution in [0, 0.1) is 5.41 Å². The topological polar surface area (TPSA) is 92.4 Å². The molecule has 0 spiro atoms. The van der Waals surface area contributed by atoms with Gasteiger partial charge in [0.05, 0.1) is 11.0 Å². The molecule has 1 unspecified atom stereocenters. The van der Waals surface area contributed by atoms with E-state index in [2.05, 4.69) is 5.32 Å². The summed E-state index contributed by atoms with van der Waals surface area (Å²) >= 11 is 0. The Bertz CT molecular complexity index is 272. The molecule has 0 radical (unpaired) electrons. The van der Waals surface area contributed by atoms with Crippen molar-refractivity contribution in [1.82, 2.24) is 5.32 Å². The van der Waals surface area contributed by atoms with Gasteiger partial charge >= 0.3 is 5.97 Å². The number of amides is 1. The molecule has 0 aliphatic carbocycles. The maximum atomic E-state index is 11.7. The minimum Gasteiger partial charge on any atom is -0.481 e. The van der Waals surface area contributed by atoms with E-state index < -0.39 is 16.9 Å². The van der Waals surface area contributed by atoms with Gasteiger partial charge in [-0.3, -0.25) is 9.59 Å². The van der Waals surface area contributed by atoms with Crippen LogP contribution in [0.3, 0.4) is 0 Å². The first-order valence-corrected chi connectivity index (χ1v) is 5.44. The summed E-state index contributed by atoms with van der Waals surface area (Å²) in [7, 11) is 0. The number of rotatable bonds is 6. The number of carboxylic acids is 1. The molecule has 0 rings (SSSR count). The van der Waals surface area contributed by atoms with E-state index in [1.807, 2.05) is 6.92 Å². The van der Waals surface area contributed by atoms with Gasteiger partial charge in [-0.05, 0) is 27.2 Å². The van der Waals surface area contributed by atoms with Crippen molar-refractivity contribution in [3.63, 3.8) is 0 Å².